The average Bonchev–Trinajstić information content (AvgIpc) is 2.85. The number of hydrogen-bond acceptors (Lipinski definition) is 3. The molecule has 0 aliphatic carbocycles. The minimum atomic E-state index is -0.316. The molecule has 1 saturated heterocycles. The number of halogens is 1. The molecular weight excluding hydrogens is 407 g/mol. The van der Waals surface area contributed by atoms with Crippen LogP contribution in [0.1, 0.15) is 21.5 Å². The predicted molar refractivity (Wildman–Crippen MR) is 121 cm³/mol. The van der Waals surface area contributed by atoms with E-state index in [0.29, 0.717) is 50.5 Å². The number of amides is 2. The van der Waals surface area contributed by atoms with Crippen LogP contribution in [-0.2, 0) is 22.5 Å². The van der Waals surface area contributed by atoms with Gasteiger partial charge in [-0.1, -0.05) is 42.5 Å². The molecule has 5 nitrogen and oxygen atoms in total. The van der Waals surface area contributed by atoms with Crippen molar-refractivity contribution < 1.29 is 18.7 Å². The fourth-order valence-corrected chi connectivity index (χ4v) is 3.68. The maximum absolute atomic E-state index is 13.3. The Labute approximate surface area is 187 Å². The summed E-state index contributed by atoms with van der Waals surface area (Å²) in [4.78, 5) is 29.3. The van der Waals surface area contributed by atoms with E-state index in [1.54, 1.807) is 29.2 Å². The Bertz CT molecular complexity index is 1050. The molecule has 0 spiro atoms. The third kappa shape index (κ3) is 5.39. The third-order valence-electron chi connectivity index (χ3n) is 5.49. The highest BCUT2D eigenvalue weighted by Gasteiger charge is 2.20. The molecule has 32 heavy (non-hydrogen) atoms. The zero-order valence-electron chi connectivity index (χ0n) is 17.7. The summed E-state index contributed by atoms with van der Waals surface area (Å²) in [6.07, 6.45) is 0.310. The second-order valence-electron chi connectivity index (χ2n) is 7.72. The van der Waals surface area contributed by atoms with Gasteiger partial charge in [-0.25, -0.2) is 4.39 Å². The van der Waals surface area contributed by atoms with E-state index < -0.39 is 0 Å². The normalized spacial score (nSPS) is 13.6. The van der Waals surface area contributed by atoms with Gasteiger partial charge in [0, 0.05) is 24.3 Å². The lowest BCUT2D eigenvalue weighted by Crippen LogP contribution is -2.41. The van der Waals surface area contributed by atoms with Gasteiger partial charge in [0.2, 0.25) is 5.91 Å². The Kier molecular flexibility index (Phi) is 6.92. The van der Waals surface area contributed by atoms with Gasteiger partial charge >= 0.3 is 0 Å². The van der Waals surface area contributed by atoms with Gasteiger partial charge in [-0.05, 0) is 47.5 Å². The molecule has 1 fully saturated rings. The average molecular weight is 432 g/mol. The predicted octanol–water partition coefficient (Wildman–Crippen LogP) is 4.07. The molecule has 1 aliphatic rings. The monoisotopic (exact) mass is 432 g/mol. The second kappa shape index (κ2) is 10.2. The molecule has 0 saturated carbocycles. The summed E-state index contributed by atoms with van der Waals surface area (Å²) in [5.41, 5.74) is 2.99. The van der Waals surface area contributed by atoms with Crippen LogP contribution in [-0.4, -0.2) is 43.0 Å². The molecule has 6 heteroatoms. The van der Waals surface area contributed by atoms with Crippen molar-refractivity contribution in [3.63, 3.8) is 0 Å². The number of nitrogens with zero attached hydrogens (tertiary/aromatic N) is 2. The van der Waals surface area contributed by atoms with Gasteiger partial charge in [-0.2, -0.15) is 0 Å². The highest BCUT2D eigenvalue weighted by molar-refractivity contribution is 6.06. The summed E-state index contributed by atoms with van der Waals surface area (Å²) in [6.45, 7) is 2.69. The molecule has 1 aliphatic heterocycles. The number of morpholine rings is 1. The van der Waals surface area contributed by atoms with E-state index in [2.05, 4.69) is 0 Å². The van der Waals surface area contributed by atoms with Gasteiger partial charge < -0.3 is 14.5 Å². The van der Waals surface area contributed by atoms with Crippen LogP contribution in [0.4, 0.5) is 10.1 Å². The molecule has 2 amide bonds. The lowest BCUT2D eigenvalue weighted by atomic mass is 10.1. The van der Waals surface area contributed by atoms with Crippen LogP contribution in [0, 0.1) is 5.82 Å². The summed E-state index contributed by atoms with van der Waals surface area (Å²) in [6, 6.07) is 22.7. The topological polar surface area (TPSA) is 49.9 Å². The molecule has 1 heterocycles. The van der Waals surface area contributed by atoms with Crippen molar-refractivity contribution in [3.8, 4) is 0 Å². The minimum Gasteiger partial charge on any atom is -0.378 e. The first-order valence-electron chi connectivity index (χ1n) is 10.7. The van der Waals surface area contributed by atoms with Crippen LogP contribution in [0.15, 0.2) is 78.9 Å². The molecule has 0 unspecified atom stereocenters. The Morgan fingerprint density at radius 3 is 2.12 bits per heavy atom. The molecule has 0 radical (unpaired) electrons. The van der Waals surface area contributed by atoms with Crippen molar-refractivity contribution in [2.45, 2.75) is 13.0 Å². The number of carbonyl (C=O) groups excluding carboxylic acids is 2. The first-order valence-corrected chi connectivity index (χ1v) is 10.7. The quantitative estimate of drug-likeness (QED) is 0.590. The second-order valence-corrected chi connectivity index (χ2v) is 7.72. The van der Waals surface area contributed by atoms with Crippen molar-refractivity contribution in [3.05, 3.63) is 101 Å². The zero-order chi connectivity index (χ0) is 22.3. The number of anilines is 1. The fraction of sp³-hybridized carbons (Fsp3) is 0.231. The van der Waals surface area contributed by atoms with E-state index in [9.17, 15) is 14.0 Å². The summed E-state index contributed by atoms with van der Waals surface area (Å²) < 4.78 is 18.6. The molecule has 3 aromatic carbocycles. The van der Waals surface area contributed by atoms with Gasteiger partial charge in [0.05, 0.1) is 26.2 Å². The van der Waals surface area contributed by atoms with Gasteiger partial charge in [-0.15, -0.1) is 0 Å². The molecule has 0 N–H and O–H groups in total. The lowest BCUT2D eigenvalue weighted by molar-refractivity contribution is -0.134. The van der Waals surface area contributed by atoms with Crippen LogP contribution < -0.4 is 4.90 Å². The molecule has 164 valence electrons. The van der Waals surface area contributed by atoms with Crippen LogP contribution in [0.2, 0.25) is 0 Å². The Balaban J connectivity index is 1.54. The van der Waals surface area contributed by atoms with Crippen LogP contribution >= 0.6 is 0 Å². The van der Waals surface area contributed by atoms with Gasteiger partial charge in [-0.3, -0.25) is 9.59 Å². The highest BCUT2D eigenvalue weighted by Crippen LogP contribution is 2.22. The molecule has 4 rings (SSSR count). The number of ether oxygens (including phenoxy) is 1. The number of carbonyl (C=O) groups is 2. The SMILES string of the molecule is O=C(Cc1ccc(N(Cc2ccc(F)cc2)C(=O)c2ccccc2)cc1)N1CCOCC1. The largest absolute Gasteiger partial charge is 0.378 e. The van der Waals surface area contributed by atoms with E-state index in [1.165, 1.54) is 12.1 Å². The summed E-state index contributed by atoms with van der Waals surface area (Å²) >= 11 is 0. The molecule has 0 atom stereocenters. The van der Waals surface area contributed by atoms with E-state index in [4.69, 9.17) is 4.74 Å². The summed E-state index contributed by atoms with van der Waals surface area (Å²) in [5.74, 6) is -0.388. The standard InChI is InChI=1S/C26H25FN2O3/c27-23-10-6-21(7-11-23)19-29(26(31)22-4-2-1-3-5-22)24-12-8-20(9-13-24)18-25(30)28-14-16-32-17-15-28/h1-13H,14-19H2. The summed E-state index contributed by atoms with van der Waals surface area (Å²) in [5, 5.41) is 0. The number of hydrogen-bond donors (Lipinski definition) is 0. The Hall–Kier alpha value is -3.51. The number of rotatable bonds is 6. The van der Waals surface area contributed by atoms with E-state index in [0.717, 1.165) is 11.1 Å². The lowest BCUT2D eigenvalue weighted by Gasteiger charge is -2.27. The first-order chi connectivity index (χ1) is 15.6. The zero-order valence-corrected chi connectivity index (χ0v) is 17.7. The van der Waals surface area contributed by atoms with Crippen molar-refractivity contribution >= 4 is 17.5 Å². The van der Waals surface area contributed by atoms with Gasteiger partial charge in [0.1, 0.15) is 5.82 Å². The molecule has 3 aromatic rings. The van der Waals surface area contributed by atoms with Crippen molar-refractivity contribution in [1.29, 1.82) is 0 Å². The van der Waals surface area contributed by atoms with E-state index in [1.807, 2.05) is 47.4 Å². The fourth-order valence-electron chi connectivity index (χ4n) is 3.68. The Morgan fingerprint density at radius 1 is 0.844 bits per heavy atom. The maximum atomic E-state index is 13.3. The first kappa shape index (κ1) is 21.7. The number of benzene rings is 3. The van der Waals surface area contributed by atoms with Crippen LogP contribution in [0.5, 0.6) is 0 Å². The van der Waals surface area contributed by atoms with Crippen LogP contribution in [0.25, 0.3) is 0 Å². The van der Waals surface area contributed by atoms with Crippen molar-refractivity contribution in [2.75, 3.05) is 31.2 Å². The van der Waals surface area contributed by atoms with Gasteiger partial charge in [0.15, 0.2) is 0 Å². The van der Waals surface area contributed by atoms with Crippen molar-refractivity contribution in [1.82, 2.24) is 4.90 Å². The minimum absolute atomic E-state index is 0.0737. The summed E-state index contributed by atoms with van der Waals surface area (Å²) in [7, 11) is 0. The molecule has 0 bridgehead atoms. The smallest absolute Gasteiger partial charge is 0.258 e. The van der Waals surface area contributed by atoms with E-state index >= 15 is 0 Å². The Morgan fingerprint density at radius 2 is 1.47 bits per heavy atom. The van der Waals surface area contributed by atoms with Crippen molar-refractivity contribution in [2.24, 2.45) is 0 Å². The molecular formula is C26H25FN2O3. The van der Waals surface area contributed by atoms with Gasteiger partial charge in [0.25, 0.3) is 5.91 Å². The third-order valence-corrected chi connectivity index (χ3v) is 5.49. The van der Waals surface area contributed by atoms with Crippen LogP contribution in [0.3, 0.4) is 0 Å². The van der Waals surface area contributed by atoms with E-state index in [-0.39, 0.29) is 17.6 Å². The molecule has 0 aromatic heterocycles. The maximum Gasteiger partial charge on any atom is 0.258 e. The highest BCUT2D eigenvalue weighted by atomic mass is 19.1.